The van der Waals surface area contributed by atoms with Gasteiger partial charge in [-0.2, -0.15) is 4.98 Å². The molecule has 2 aliphatic rings. The molecule has 1 unspecified atom stereocenters. The van der Waals surface area contributed by atoms with E-state index in [4.69, 9.17) is 14.0 Å². The van der Waals surface area contributed by atoms with Gasteiger partial charge in [-0.15, -0.1) is 11.3 Å². The fourth-order valence-corrected chi connectivity index (χ4v) is 4.47. The molecule has 0 aromatic carbocycles. The number of carbonyl (C=O) groups excluding carboxylic acids is 1. The highest BCUT2D eigenvalue weighted by Gasteiger charge is 2.29. The lowest BCUT2D eigenvalue weighted by molar-refractivity contribution is 0.0211. The summed E-state index contributed by atoms with van der Waals surface area (Å²) >= 11 is 1.48. The molecule has 0 bridgehead atoms. The van der Waals surface area contributed by atoms with Gasteiger partial charge in [0.05, 0.1) is 17.4 Å². The first kappa shape index (κ1) is 19.5. The molecular formula is C20H27N3O4S. The number of nitrogens with zero attached hydrogens (tertiary/aromatic N) is 3. The van der Waals surface area contributed by atoms with Crippen molar-refractivity contribution in [1.29, 1.82) is 0 Å². The quantitative estimate of drug-likeness (QED) is 0.659. The lowest BCUT2D eigenvalue weighted by Crippen LogP contribution is -2.38. The molecular weight excluding hydrogens is 378 g/mol. The topological polar surface area (TPSA) is 77.7 Å². The highest BCUT2D eigenvalue weighted by atomic mass is 32.1. The van der Waals surface area contributed by atoms with Crippen molar-refractivity contribution in [2.24, 2.45) is 5.92 Å². The second-order valence-corrected chi connectivity index (χ2v) is 8.44. The molecule has 0 saturated carbocycles. The molecule has 0 N–H and O–H groups in total. The van der Waals surface area contributed by atoms with Crippen LogP contribution in [0.5, 0.6) is 0 Å². The Morgan fingerprint density at radius 3 is 3.04 bits per heavy atom. The van der Waals surface area contributed by atoms with Crippen LogP contribution in [0.3, 0.4) is 0 Å². The fraction of sp³-hybridized carbons (Fsp3) is 0.650. The van der Waals surface area contributed by atoms with E-state index in [9.17, 15) is 4.79 Å². The third-order valence-corrected chi connectivity index (χ3v) is 6.30. The monoisotopic (exact) mass is 405 g/mol. The van der Waals surface area contributed by atoms with Crippen LogP contribution >= 0.6 is 11.3 Å². The number of thiophene rings is 1. The van der Waals surface area contributed by atoms with E-state index in [0.717, 1.165) is 56.9 Å². The maximum atomic E-state index is 12.6. The molecule has 8 heteroatoms. The molecule has 2 saturated heterocycles. The van der Waals surface area contributed by atoms with Crippen molar-refractivity contribution in [3.63, 3.8) is 0 Å². The van der Waals surface area contributed by atoms with Crippen molar-refractivity contribution in [2.75, 3.05) is 39.5 Å². The van der Waals surface area contributed by atoms with Crippen LogP contribution in [-0.2, 0) is 15.9 Å². The smallest absolute Gasteiger partial charge is 0.263 e. The van der Waals surface area contributed by atoms with Crippen LogP contribution in [0.4, 0.5) is 0 Å². The molecule has 0 spiro atoms. The maximum absolute atomic E-state index is 12.6. The van der Waals surface area contributed by atoms with Crippen molar-refractivity contribution in [1.82, 2.24) is 15.0 Å². The lowest BCUT2D eigenvalue weighted by Gasteiger charge is -2.30. The minimum Gasteiger partial charge on any atom is -0.381 e. The Morgan fingerprint density at radius 1 is 1.32 bits per heavy atom. The summed E-state index contributed by atoms with van der Waals surface area (Å²) in [6.07, 6.45) is 4.73. The van der Waals surface area contributed by atoms with E-state index >= 15 is 0 Å². The zero-order chi connectivity index (χ0) is 19.2. The Morgan fingerprint density at radius 2 is 2.21 bits per heavy atom. The van der Waals surface area contributed by atoms with Crippen LogP contribution in [0.25, 0.3) is 0 Å². The highest BCUT2D eigenvalue weighted by Crippen LogP contribution is 2.27. The first-order chi connectivity index (χ1) is 13.8. The number of hydrogen-bond acceptors (Lipinski definition) is 7. The van der Waals surface area contributed by atoms with Crippen molar-refractivity contribution in [2.45, 2.75) is 38.0 Å². The van der Waals surface area contributed by atoms with E-state index in [1.165, 1.54) is 11.3 Å². The Labute approximate surface area is 169 Å². The van der Waals surface area contributed by atoms with Gasteiger partial charge in [-0.25, -0.2) is 0 Å². The molecule has 1 atom stereocenters. The summed E-state index contributed by atoms with van der Waals surface area (Å²) in [4.78, 5) is 19.8. The molecule has 0 aliphatic carbocycles. The predicted molar refractivity (Wildman–Crippen MR) is 105 cm³/mol. The SMILES string of the molecule is O=C(c1cccs1)N1CCCC(c2nc(CCOCC3CCOCC3)no2)C1. The van der Waals surface area contributed by atoms with Gasteiger partial charge in [0.15, 0.2) is 5.82 Å². The molecule has 2 fully saturated rings. The molecule has 2 aromatic heterocycles. The number of piperidine rings is 1. The van der Waals surface area contributed by atoms with Crippen molar-refractivity contribution in [3.8, 4) is 0 Å². The lowest BCUT2D eigenvalue weighted by atomic mass is 9.98. The summed E-state index contributed by atoms with van der Waals surface area (Å²) in [5, 5.41) is 6.04. The van der Waals surface area contributed by atoms with Crippen LogP contribution in [0, 0.1) is 5.92 Å². The van der Waals surface area contributed by atoms with Crippen LogP contribution in [-0.4, -0.2) is 60.5 Å². The number of rotatable bonds is 7. The molecule has 4 heterocycles. The van der Waals surface area contributed by atoms with Gasteiger partial charge in [0.25, 0.3) is 5.91 Å². The zero-order valence-electron chi connectivity index (χ0n) is 16.0. The van der Waals surface area contributed by atoms with Gasteiger partial charge in [0.1, 0.15) is 0 Å². The van der Waals surface area contributed by atoms with Gasteiger partial charge in [0, 0.05) is 39.3 Å². The molecule has 7 nitrogen and oxygen atoms in total. The summed E-state index contributed by atoms with van der Waals surface area (Å²) in [6, 6.07) is 3.79. The highest BCUT2D eigenvalue weighted by molar-refractivity contribution is 7.12. The maximum Gasteiger partial charge on any atom is 0.263 e. The molecule has 0 radical (unpaired) electrons. The summed E-state index contributed by atoms with van der Waals surface area (Å²) in [6.45, 7) is 4.48. The minimum atomic E-state index is 0.0981. The molecule has 1 amide bonds. The zero-order valence-corrected chi connectivity index (χ0v) is 16.9. The van der Waals surface area contributed by atoms with E-state index in [1.807, 2.05) is 22.4 Å². The van der Waals surface area contributed by atoms with Crippen LogP contribution < -0.4 is 0 Å². The normalized spacial score (nSPS) is 21.1. The van der Waals surface area contributed by atoms with Gasteiger partial charge in [-0.05, 0) is 43.0 Å². The Bertz CT molecular complexity index is 742. The third kappa shape index (κ3) is 4.98. The number of likely N-dealkylation sites (tertiary alicyclic amines) is 1. The van der Waals surface area contributed by atoms with Gasteiger partial charge < -0.3 is 18.9 Å². The van der Waals surface area contributed by atoms with Crippen molar-refractivity contribution >= 4 is 17.2 Å². The Balaban J connectivity index is 1.24. The molecule has 28 heavy (non-hydrogen) atoms. The summed E-state index contributed by atoms with van der Waals surface area (Å²) < 4.78 is 16.7. The Kier molecular flexibility index (Phi) is 6.72. The molecule has 4 rings (SSSR count). The number of amides is 1. The summed E-state index contributed by atoms with van der Waals surface area (Å²) in [5.41, 5.74) is 0. The standard InChI is InChI=1S/C20H27N3O4S/c24-20(17-4-2-12-28-17)23-8-1-3-16(13-23)19-21-18(22-27-19)7-11-26-14-15-5-9-25-10-6-15/h2,4,12,15-16H,1,3,5-11,13-14H2. The molecule has 2 aliphatic heterocycles. The third-order valence-electron chi connectivity index (χ3n) is 5.44. The van der Waals surface area contributed by atoms with E-state index in [1.54, 1.807) is 0 Å². The second-order valence-electron chi connectivity index (χ2n) is 7.50. The van der Waals surface area contributed by atoms with E-state index < -0.39 is 0 Å². The average Bonchev–Trinajstić information content (AvgIpc) is 3.44. The number of aromatic nitrogens is 2. The van der Waals surface area contributed by atoms with E-state index in [0.29, 0.717) is 37.2 Å². The van der Waals surface area contributed by atoms with Crippen molar-refractivity contribution < 1.29 is 18.8 Å². The number of hydrogen-bond donors (Lipinski definition) is 0. The van der Waals surface area contributed by atoms with Gasteiger partial charge in [0.2, 0.25) is 5.89 Å². The number of carbonyl (C=O) groups is 1. The molecule has 2 aromatic rings. The van der Waals surface area contributed by atoms with Crippen LogP contribution in [0.15, 0.2) is 22.0 Å². The number of ether oxygens (including phenoxy) is 2. The minimum absolute atomic E-state index is 0.0981. The van der Waals surface area contributed by atoms with Crippen molar-refractivity contribution in [3.05, 3.63) is 34.1 Å². The van der Waals surface area contributed by atoms with E-state index in [2.05, 4.69) is 10.1 Å². The largest absolute Gasteiger partial charge is 0.381 e. The summed E-state index contributed by atoms with van der Waals surface area (Å²) in [5.74, 6) is 2.14. The fourth-order valence-electron chi connectivity index (χ4n) is 3.78. The molecule has 152 valence electrons. The average molecular weight is 406 g/mol. The van der Waals surface area contributed by atoms with Gasteiger partial charge in [-0.3, -0.25) is 4.79 Å². The predicted octanol–water partition coefficient (Wildman–Crippen LogP) is 3.14. The summed E-state index contributed by atoms with van der Waals surface area (Å²) in [7, 11) is 0. The van der Waals surface area contributed by atoms with Crippen LogP contribution in [0.1, 0.15) is 53.0 Å². The van der Waals surface area contributed by atoms with Crippen LogP contribution in [0.2, 0.25) is 0 Å². The van der Waals surface area contributed by atoms with Gasteiger partial charge in [-0.1, -0.05) is 11.2 Å². The van der Waals surface area contributed by atoms with E-state index in [-0.39, 0.29) is 11.8 Å². The first-order valence-electron chi connectivity index (χ1n) is 10.1. The van der Waals surface area contributed by atoms with Gasteiger partial charge >= 0.3 is 0 Å². The first-order valence-corrected chi connectivity index (χ1v) is 11.0. The Hall–Kier alpha value is -1.77. The second kappa shape index (κ2) is 9.62.